The lowest BCUT2D eigenvalue weighted by molar-refractivity contribution is -0.134. The van der Waals surface area contributed by atoms with E-state index in [0.29, 0.717) is 39.3 Å². The van der Waals surface area contributed by atoms with Crippen molar-refractivity contribution < 1.29 is 9.90 Å². The first-order valence-electron chi connectivity index (χ1n) is 7.40. The smallest absolute Gasteiger partial charge is 0.236 e. The average molecular weight is 322 g/mol. The third-order valence-electron chi connectivity index (χ3n) is 3.85. The van der Waals surface area contributed by atoms with Crippen molar-refractivity contribution in [3.8, 4) is 6.07 Å². The van der Waals surface area contributed by atoms with Crippen LogP contribution in [0.2, 0.25) is 0 Å². The van der Waals surface area contributed by atoms with Gasteiger partial charge in [-0.1, -0.05) is 6.07 Å². The van der Waals surface area contributed by atoms with E-state index >= 15 is 0 Å². The zero-order chi connectivity index (χ0) is 15.9. The molecule has 2 rings (SSSR count). The number of amides is 1. The number of nitrogens with zero attached hydrogens (tertiary/aromatic N) is 4. The van der Waals surface area contributed by atoms with Crippen LogP contribution in [0.4, 0.5) is 0 Å². The molecule has 1 aliphatic heterocycles. The van der Waals surface area contributed by atoms with Gasteiger partial charge in [0.2, 0.25) is 5.91 Å². The Bertz CT molecular complexity index is 506. The number of aliphatic hydroxyl groups is 1. The first-order chi connectivity index (χ1) is 10.7. The molecular formula is C15H22N4O2S. The van der Waals surface area contributed by atoms with Crippen LogP contribution in [0.5, 0.6) is 0 Å². The van der Waals surface area contributed by atoms with E-state index in [0.717, 1.165) is 4.88 Å². The largest absolute Gasteiger partial charge is 0.395 e. The summed E-state index contributed by atoms with van der Waals surface area (Å²) >= 11 is 1.60. The van der Waals surface area contributed by atoms with Crippen molar-refractivity contribution >= 4 is 17.2 Å². The fraction of sp³-hybridized carbons (Fsp3) is 0.600. The standard InChI is InChI=1S/C15H22N4O2S/c1-17(8-9-20)12-15(21)19-6-4-18(5-7-19)13(11-16)14-3-2-10-22-14/h2-3,10,13,20H,4-9,12H2,1H3. The van der Waals surface area contributed by atoms with E-state index in [-0.39, 0.29) is 18.6 Å². The van der Waals surface area contributed by atoms with Crippen LogP contribution in [0.25, 0.3) is 0 Å². The number of piperazine rings is 1. The molecule has 22 heavy (non-hydrogen) atoms. The lowest BCUT2D eigenvalue weighted by atomic mass is 10.2. The predicted octanol–water partition coefficient (Wildman–Crippen LogP) is 0.381. The van der Waals surface area contributed by atoms with Crippen LogP contribution in [-0.2, 0) is 4.79 Å². The zero-order valence-electron chi connectivity index (χ0n) is 12.8. The molecule has 1 atom stereocenters. The van der Waals surface area contributed by atoms with Crippen LogP contribution < -0.4 is 0 Å². The summed E-state index contributed by atoms with van der Waals surface area (Å²) in [5.74, 6) is 0.0835. The van der Waals surface area contributed by atoms with Gasteiger partial charge >= 0.3 is 0 Å². The normalized spacial score (nSPS) is 17.5. The molecule has 1 N–H and O–H groups in total. The molecule has 1 aromatic rings. The second kappa shape index (κ2) is 8.25. The lowest BCUT2D eigenvalue weighted by Gasteiger charge is -2.37. The highest BCUT2D eigenvalue weighted by molar-refractivity contribution is 7.10. The molecule has 7 heteroatoms. The summed E-state index contributed by atoms with van der Waals surface area (Å²) in [6, 6.07) is 6.10. The highest BCUT2D eigenvalue weighted by atomic mass is 32.1. The Morgan fingerprint density at radius 1 is 1.50 bits per heavy atom. The van der Waals surface area contributed by atoms with E-state index in [4.69, 9.17) is 5.11 Å². The van der Waals surface area contributed by atoms with Gasteiger partial charge in [0.25, 0.3) is 0 Å². The highest BCUT2D eigenvalue weighted by Gasteiger charge is 2.27. The van der Waals surface area contributed by atoms with Crippen molar-refractivity contribution in [3.05, 3.63) is 22.4 Å². The van der Waals surface area contributed by atoms with Gasteiger partial charge in [-0.05, 0) is 18.5 Å². The molecule has 1 saturated heterocycles. The van der Waals surface area contributed by atoms with Gasteiger partial charge in [-0.25, -0.2) is 0 Å². The predicted molar refractivity (Wildman–Crippen MR) is 85.4 cm³/mol. The minimum Gasteiger partial charge on any atom is -0.395 e. The van der Waals surface area contributed by atoms with Crippen LogP contribution in [0, 0.1) is 11.3 Å². The maximum absolute atomic E-state index is 12.2. The molecule has 2 heterocycles. The Hall–Kier alpha value is -1.46. The fourth-order valence-electron chi connectivity index (χ4n) is 2.58. The minimum absolute atomic E-state index is 0.0578. The summed E-state index contributed by atoms with van der Waals surface area (Å²) in [5, 5.41) is 20.3. The van der Waals surface area contributed by atoms with Crippen molar-refractivity contribution in [1.82, 2.24) is 14.7 Å². The van der Waals surface area contributed by atoms with E-state index < -0.39 is 0 Å². The summed E-state index contributed by atoms with van der Waals surface area (Å²) < 4.78 is 0. The number of aliphatic hydroxyl groups excluding tert-OH is 1. The van der Waals surface area contributed by atoms with Crippen molar-refractivity contribution in [2.45, 2.75) is 6.04 Å². The van der Waals surface area contributed by atoms with Crippen LogP contribution in [-0.4, -0.2) is 78.6 Å². The molecule has 0 aliphatic carbocycles. The molecule has 0 radical (unpaired) electrons. The maximum atomic E-state index is 12.2. The summed E-state index contributed by atoms with van der Waals surface area (Å²) in [7, 11) is 1.83. The number of hydrogen-bond acceptors (Lipinski definition) is 6. The van der Waals surface area contributed by atoms with Gasteiger partial charge in [-0.3, -0.25) is 14.6 Å². The number of carbonyl (C=O) groups excluding carboxylic acids is 1. The van der Waals surface area contributed by atoms with Gasteiger partial charge in [0.05, 0.1) is 19.2 Å². The second-order valence-electron chi connectivity index (χ2n) is 5.43. The van der Waals surface area contributed by atoms with Crippen LogP contribution in [0.3, 0.4) is 0 Å². The van der Waals surface area contributed by atoms with Crippen LogP contribution in [0.15, 0.2) is 17.5 Å². The molecule has 0 saturated carbocycles. The number of hydrogen-bond donors (Lipinski definition) is 1. The minimum atomic E-state index is -0.214. The summed E-state index contributed by atoms with van der Waals surface area (Å²) in [6.07, 6.45) is 0. The van der Waals surface area contributed by atoms with Gasteiger partial charge in [0.1, 0.15) is 6.04 Å². The quantitative estimate of drug-likeness (QED) is 0.820. The molecule has 0 bridgehead atoms. The van der Waals surface area contributed by atoms with Gasteiger partial charge in [-0.2, -0.15) is 5.26 Å². The number of thiophene rings is 1. The van der Waals surface area contributed by atoms with Gasteiger partial charge in [-0.15, -0.1) is 11.3 Å². The van der Waals surface area contributed by atoms with E-state index in [1.807, 2.05) is 34.4 Å². The van der Waals surface area contributed by atoms with E-state index in [2.05, 4.69) is 11.0 Å². The van der Waals surface area contributed by atoms with Gasteiger partial charge < -0.3 is 10.0 Å². The molecule has 1 aromatic heterocycles. The molecule has 6 nitrogen and oxygen atoms in total. The molecule has 1 fully saturated rings. The number of likely N-dealkylation sites (N-methyl/N-ethyl adjacent to an activating group) is 1. The molecular weight excluding hydrogens is 300 g/mol. The highest BCUT2D eigenvalue weighted by Crippen LogP contribution is 2.25. The summed E-state index contributed by atoms with van der Waals surface area (Å²) in [4.78, 5) is 19.0. The van der Waals surface area contributed by atoms with Crippen LogP contribution in [0.1, 0.15) is 10.9 Å². The van der Waals surface area contributed by atoms with Crippen molar-refractivity contribution in [1.29, 1.82) is 5.26 Å². The molecule has 1 aliphatic rings. The zero-order valence-corrected chi connectivity index (χ0v) is 13.6. The number of carbonyl (C=O) groups is 1. The Morgan fingerprint density at radius 3 is 2.77 bits per heavy atom. The Labute approximate surface area is 135 Å². The van der Waals surface area contributed by atoms with Crippen molar-refractivity contribution in [3.63, 3.8) is 0 Å². The maximum Gasteiger partial charge on any atom is 0.236 e. The van der Waals surface area contributed by atoms with Gasteiger partial charge in [0, 0.05) is 37.6 Å². The molecule has 1 unspecified atom stereocenters. The lowest BCUT2D eigenvalue weighted by Crippen LogP contribution is -2.51. The third kappa shape index (κ3) is 4.27. The molecule has 120 valence electrons. The monoisotopic (exact) mass is 322 g/mol. The molecule has 1 amide bonds. The molecule has 0 spiro atoms. The second-order valence-corrected chi connectivity index (χ2v) is 6.40. The average Bonchev–Trinajstić information content (AvgIpc) is 3.03. The SMILES string of the molecule is CN(CCO)CC(=O)N1CCN(C(C#N)c2cccs2)CC1. The molecule has 0 aromatic carbocycles. The van der Waals surface area contributed by atoms with E-state index in [1.54, 1.807) is 11.3 Å². The first kappa shape index (κ1) is 16.9. The van der Waals surface area contributed by atoms with Crippen molar-refractivity contribution in [2.75, 3.05) is 52.9 Å². The summed E-state index contributed by atoms with van der Waals surface area (Å²) in [5.41, 5.74) is 0. The Morgan fingerprint density at radius 2 is 2.23 bits per heavy atom. The summed E-state index contributed by atoms with van der Waals surface area (Å²) in [6.45, 7) is 3.61. The Balaban J connectivity index is 1.85. The first-order valence-corrected chi connectivity index (χ1v) is 8.28. The van der Waals surface area contributed by atoms with Gasteiger partial charge in [0.15, 0.2) is 0 Å². The van der Waals surface area contributed by atoms with E-state index in [1.165, 1.54) is 0 Å². The van der Waals surface area contributed by atoms with E-state index in [9.17, 15) is 10.1 Å². The Kier molecular flexibility index (Phi) is 6.34. The topological polar surface area (TPSA) is 70.8 Å². The number of rotatable bonds is 6. The number of nitriles is 1. The third-order valence-corrected chi connectivity index (χ3v) is 4.78. The van der Waals surface area contributed by atoms with Crippen molar-refractivity contribution in [2.24, 2.45) is 0 Å². The van der Waals surface area contributed by atoms with Crippen LogP contribution >= 0.6 is 11.3 Å². The fourth-order valence-corrected chi connectivity index (χ4v) is 3.38.